The van der Waals surface area contributed by atoms with Gasteiger partial charge in [0, 0.05) is 37.9 Å². The summed E-state index contributed by atoms with van der Waals surface area (Å²) in [6, 6.07) is 14.4. The predicted octanol–water partition coefficient (Wildman–Crippen LogP) is 2.75. The van der Waals surface area contributed by atoms with Crippen LogP contribution in [0.25, 0.3) is 0 Å². The molecular weight excluding hydrogens is 386 g/mol. The molecule has 2 amide bonds. The molecule has 8 nitrogen and oxygen atoms in total. The van der Waals surface area contributed by atoms with Gasteiger partial charge in [-0.15, -0.1) is 0 Å². The fourth-order valence-electron chi connectivity index (χ4n) is 3.63. The molecule has 0 saturated carbocycles. The average molecular weight is 413 g/mol. The zero-order valence-electron chi connectivity index (χ0n) is 17.2. The molecule has 2 N–H and O–H groups in total. The van der Waals surface area contributed by atoms with Gasteiger partial charge in [-0.25, -0.2) is 4.79 Å². The predicted molar refractivity (Wildman–Crippen MR) is 113 cm³/mol. The van der Waals surface area contributed by atoms with Crippen LogP contribution in [0.4, 0.5) is 10.5 Å². The number of methoxy groups -OCH3 is 2. The third-order valence-electron chi connectivity index (χ3n) is 5.24. The Hall–Kier alpha value is -3.42. The molecule has 3 rings (SSSR count). The summed E-state index contributed by atoms with van der Waals surface area (Å²) in [6.07, 6.45) is -1.05. The highest BCUT2D eigenvalue weighted by Crippen LogP contribution is 2.32. The lowest BCUT2D eigenvalue weighted by molar-refractivity contribution is -0.132. The van der Waals surface area contributed by atoms with E-state index in [2.05, 4.69) is 10.2 Å². The van der Waals surface area contributed by atoms with E-state index in [4.69, 9.17) is 14.6 Å². The van der Waals surface area contributed by atoms with E-state index in [1.807, 2.05) is 48.5 Å². The molecule has 1 aliphatic heterocycles. The summed E-state index contributed by atoms with van der Waals surface area (Å²) in [6.45, 7) is 2.51. The molecule has 0 aromatic heterocycles. The van der Waals surface area contributed by atoms with E-state index in [9.17, 15) is 9.59 Å². The van der Waals surface area contributed by atoms with Crippen molar-refractivity contribution in [2.24, 2.45) is 0 Å². The SMILES string of the molecule is COc1ccc(N2CCN(C(=O)CC(NC(=O)O)c3ccccc3)CC2)cc1OC. The Morgan fingerprint density at radius 2 is 1.67 bits per heavy atom. The lowest BCUT2D eigenvalue weighted by atomic mass is 10.0. The highest BCUT2D eigenvalue weighted by molar-refractivity contribution is 5.78. The summed E-state index contributed by atoms with van der Waals surface area (Å²) in [7, 11) is 3.20. The zero-order valence-corrected chi connectivity index (χ0v) is 17.2. The van der Waals surface area contributed by atoms with Crippen LogP contribution in [0, 0.1) is 0 Å². The fourth-order valence-corrected chi connectivity index (χ4v) is 3.63. The second kappa shape index (κ2) is 9.87. The topological polar surface area (TPSA) is 91.3 Å². The molecule has 1 aliphatic rings. The highest BCUT2D eigenvalue weighted by Gasteiger charge is 2.25. The van der Waals surface area contributed by atoms with Crippen molar-refractivity contribution in [3.05, 3.63) is 54.1 Å². The number of ether oxygens (including phenoxy) is 2. The van der Waals surface area contributed by atoms with Gasteiger partial charge >= 0.3 is 6.09 Å². The first-order chi connectivity index (χ1) is 14.5. The van der Waals surface area contributed by atoms with E-state index in [0.29, 0.717) is 37.7 Å². The molecule has 1 unspecified atom stereocenters. The van der Waals surface area contributed by atoms with Gasteiger partial charge in [0.15, 0.2) is 11.5 Å². The number of amides is 2. The van der Waals surface area contributed by atoms with Crippen LogP contribution in [-0.4, -0.2) is 62.4 Å². The Morgan fingerprint density at radius 3 is 2.27 bits per heavy atom. The van der Waals surface area contributed by atoms with Gasteiger partial charge in [0.1, 0.15) is 0 Å². The van der Waals surface area contributed by atoms with Gasteiger partial charge < -0.3 is 29.7 Å². The van der Waals surface area contributed by atoms with Crippen molar-refractivity contribution in [2.45, 2.75) is 12.5 Å². The van der Waals surface area contributed by atoms with E-state index in [0.717, 1.165) is 11.3 Å². The van der Waals surface area contributed by atoms with Gasteiger partial charge in [0.05, 0.1) is 26.7 Å². The molecule has 1 heterocycles. The van der Waals surface area contributed by atoms with Gasteiger partial charge in [-0.2, -0.15) is 0 Å². The molecule has 30 heavy (non-hydrogen) atoms. The number of hydrogen-bond acceptors (Lipinski definition) is 5. The minimum absolute atomic E-state index is 0.0652. The van der Waals surface area contributed by atoms with E-state index >= 15 is 0 Å². The summed E-state index contributed by atoms with van der Waals surface area (Å²) in [4.78, 5) is 28.0. The van der Waals surface area contributed by atoms with E-state index in [-0.39, 0.29) is 12.3 Å². The second-order valence-corrected chi connectivity index (χ2v) is 7.02. The number of rotatable bonds is 7. The minimum atomic E-state index is -1.14. The Morgan fingerprint density at radius 1 is 1.00 bits per heavy atom. The van der Waals surface area contributed by atoms with E-state index in [1.54, 1.807) is 19.1 Å². The highest BCUT2D eigenvalue weighted by atomic mass is 16.5. The summed E-state index contributed by atoms with van der Waals surface area (Å²) in [5.41, 5.74) is 1.78. The number of carboxylic acid groups (broad SMARTS) is 1. The number of carbonyl (C=O) groups is 2. The van der Waals surface area contributed by atoms with Gasteiger partial charge in [0.2, 0.25) is 5.91 Å². The number of piperazine rings is 1. The number of nitrogens with zero attached hydrogens (tertiary/aromatic N) is 2. The molecule has 160 valence electrons. The van der Waals surface area contributed by atoms with Crippen molar-refractivity contribution in [1.29, 1.82) is 0 Å². The van der Waals surface area contributed by atoms with Crippen LogP contribution in [0.5, 0.6) is 11.5 Å². The first kappa shape index (κ1) is 21.3. The van der Waals surface area contributed by atoms with Crippen molar-refractivity contribution < 1.29 is 24.2 Å². The van der Waals surface area contributed by atoms with E-state index < -0.39 is 12.1 Å². The van der Waals surface area contributed by atoms with Crippen LogP contribution in [0.2, 0.25) is 0 Å². The maximum Gasteiger partial charge on any atom is 0.405 e. The molecule has 2 aromatic rings. The molecular formula is C22H27N3O5. The second-order valence-electron chi connectivity index (χ2n) is 7.02. The quantitative estimate of drug-likeness (QED) is 0.725. The monoisotopic (exact) mass is 413 g/mol. The van der Waals surface area contributed by atoms with Crippen LogP contribution in [0.15, 0.2) is 48.5 Å². The van der Waals surface area contributed by atoms with Crippen molar-refractivity contribution in [2.75, 3.05) is 45.3 Å². The van der Waals surface area contributed by atoms with Crippen LogP contribution in [0.1, 0.15) is 18.0 Å². The van der Waals surface area contributed by atoms with Crippen LogP contribution < -0.4 is 19.7 Å². The standard InChI is InChI=1S/C22H27N3O5/c1-29-19-9-8-17(14-20(19)30-2)24-10-12-25(13-11-24)21(26)15-18(23-22(27)28)16-6-4-3-5-7-16/h3-9,14,18,23H,10-13,15H2,1-2H3,(H,27,28). The molecule has 8 heteroatoms. The normalized spacial score (nSPS) is 14.7. The smallest absolute Gasteiger partial charge is 0.405 e. The molecule has 2 aromatic carbocycles. The van der Waals surface area contributed by atoms with Gasteiger partial charge in [0.25, 0.3) is 0 Å². The average Bonchev–Trinajstić information content (AvgIpc) is 2.78. The molecule has 1 saturated heterocycles. The number of hydrogen-bond donors (Lipinski definition) is 2. The lowest BCUT2D eigenvalue weighted by Crippen LogP contribution is -2.49. The number of benzene rings is 2. The zero-order chi connectivity index (χ0) is 21.5. The van der Waals surface area contributed by atoms with Crippen molar-refractivity contribution in [3.8, 4) is 11.5 Å². The minimum Gasteiger partial charge on any atom is -0.493 e. The molecule has 0 bridgehead atoms. The van der Waals surface area contributed by atoms with Gasteiger partial charge in [-0.3, -0.25) is 4.79 Å². The Labute approximate surface area is 176 Å². The van der Waals surface area contributed by atoms with Crippen molar-refractivity contribution in [1.82, 2.24) is 10.2 Å². The third kappa shape index (κ3) is 5.14. The van der Waals surface area contributed by atoms with Gasteiger partial charge in [-0.1, -0.05) is 30.3 Å². The first-order valence-corrected chi connectivity index (χ1v) is 9.81. The number of nitrogens with one attached hydrogen (secondary N) is 1. The van der Waals surface area contributed by atoms with E-state index in [1.165, 1.54) is 0 Å². The molecule has 1 atom stereocenters. The van der Waals surface area contributed by atoms with Gasteiger partial charge in [-0.05, 0) is 17.7 Å². The Balaban J connectivity index is 1.61. The fraction of sp³-hybridized carbons (Fsp3) is 0.364. The van der Waals surface area contributed by atoms with Crippen molar-refractivity contribution >= 4 is 17.7 Å². The Bertz CT molecular complexity index is 866. The summed E-state index contributed by atoms with van der Waals surface area (Å²) in [5.74, 6) is 1.27. The van der Waals surface area contributed by atoms with Crippen molar-refractivity contribution in [3.63, 3.8) is 0 Å². The first-order valence-electron chi connectivity index (χ1n) is 9.81. The largest absolute Gasteiger partial charge is 0.493 e. The summed E-state index contributed by atoms with van der Waals surface area (Å²) < 4.78 is 10.7. The molecule has 0 aliphatic carbocycles. The third-order valence-corrected chi connectivity index (χ3v) is 5.24. The maximum absolute atomic E-state index is 12.8. The molecule has 0 radical (unpaired) electrons. The number of carbonyl (C=O) groups excluding carboxylic acids is 1. The van der Waals surface area contributed by atoms with Crippen LogP contribution in [0.3, 0.4) is 0 Å². The number of anilines is 1. The maximum atomic E-state index is 12.8. The summed E-state index contributed by atoms with van der Waals surface area (Å²) >= 11 is 0. The Kier molecular flexibility index (Phi) is 7.00. The van der Waals surface area contributed by atoms with Crippen LogP contribution in [-0.2, 0) is 4.79 Å². The molecule has 1 fully saturated rings. The molecule has 0 spiro atoms. The van der Waals surface area contributed by atoms with Crippen LogP contribution >= 0.6 is 0 Å². The summed E-state index contributed by atoms with van der Waals surface area (Å²) in [5, 5.41) is 11.6. The lowest BCUT2D eigenvalue weighted by Gasteiger charge is -2.37.